The molecule has 1 aromatic heterocycles. The Kier molecular flexibility index (Phi) is 6.04. The van der Waals surface area contributed by atoms with Gasteiger partial charge in [-0.25, -0.2) is 9.78 Å². The van der Waals surface area contributed by atoms with Gasteiger partial charge in [0.15, 0.2) is 0 Å². The van der Waals surface area contributed by atoms with E-state index in [9.17, 15) is 4.79 Å². The number of pyridine rings is 1. The predicted octanol–water partition coefficient (Wildman–Crippen LogP) is 3.94. The second-order valence-electron chi connectivity index (χ2n) is 8.83. The minimum Gasteiger partial charge on any atom is -0.354 e. The quantitative estimate of drug-likeness (QED) is 0.856. The molecule has 1 aromatic rings. The van der Waals surface area contributed by atoms with Crippen molar-refractivity contribution >= 4 is 17.5 Å². The topological polar surface area (TPSA) is 51.7 Å². The zero-order valence-electron chi connectivity index (χ0n) is 17.4. The van der Waals surface area contributed by atoms with E-state index in [0.717, 1.165) is 56.6 Å². The molecule has 154 valence electrons. The van der Waals surface area contributed by atoms with Gasteiger partial charge in [-0.1, -0.05) is 12.8 Å². The summed E-state index contributed by atoms with van der Waals surface area (Å²) in [7, 11) is 0. The largest absolute Gasteiger partial charge is 0.354 e. The minimum atomic E-state index is -0.000530. The van der Waals surface area contributed by atoms with Gasteiger partial charge in [0.25, 0.3) is 0 Å². The van der Waals surface area contributed by atoms with E-state index >= 15 is 0 Å². The van der Waals surface area contributed by atoms with E-state index in [0.29, 0.717) is 12.1 Å². The standard InChI is InChI=1S/C22H35N5O/c1-17-6-5-7-18(2)27(17)22(28)24-19-10-11-21(23-16-19)26-14-12-25(13-15-26)20-8-3-4-9-20/h10-11,16-18,20H,3-9,12-15H2,1-2H3,(H,24,28). The molecule has 1 N–H and O–H groups in total. The van der Waals surface area contributed by atoms with Crippen LogP contribution in [0.5, 0.6) is 0 Å². The van der Waals surface area contributed by atoms with Gasteiger partial charge in [-0.15, -0.1) is 0 Å². The van der Waals surface area contributed by atoms with E-state index in [4.69, 9.17) is 0 Å². The van der Waals surface area contributed by atoms with Gasteiger partial charge in [-0.2, -0.15) is 0 Å². The highest BCUT2D eigenvalue weighted by molar-refractivity contribution is 5.89. The number of urea groups is 1. The van der Waals surface area contributed by atoms with Crippen molar-refractivity contribution in [1.82, 2.24) is 14.8 Å². The van der Waals surface area contributed by atoms with Gasteiger partial charge < -0.3 is 15.1 Å². The summed E-state index contributed by atoms with van der Waals surface area (Å²) in [4.78, 5) is 24.4. The lowest BCUT2D eigenvalue weighted by atomic mass is 9.98. The first-order chi connectivity index (χ1) is 13.6. The molecule has 2 atom stereocenters. The van der Waals surface area contributed by atoms with Crippen molar-refractivity contribution in [2.75, 3.05) is 36.4 Å². The highest BCUT2D eigenvalue weighted by Crippen LogP contribution is 2.26. The summed E-state index contributed by atoms with van der Waals surface area (Å²) in [5, 5.41) is 3.04. The Labute approximate surface area is 169 Å². The fraction of sp³-hybridized carbons (Fsp3) is 0.727. The van der Waals surface area contributed by atoms with Crippen molar-refractivity contribution in [1.29, 1.82) is 0 Å². The Morgan fingerprint density at radius 3 is 2.25 bits per heavy atom. The van der Waals surface area contributed by atoms with Crippen LogP contribution in [0.15, 0.2) is 18.3 Å². The molecule has 2 aliphatic heterocycles. The van der Waals surface area contributed by atoms with E-state index in [1.54, 1.807) is 6.20 Å². The summed E-state index contributed by atoms with van der Waals surface area (Å²) in [5.41, 5.74) is 0.781. The van der Waals surface area contributed by atoms with Crippen LogP contribution in [0.1, 0.15) is 58.8 Å². The lowest BCUT2D eigenvalue weighted by Crippen LogP contribution is -2.50. The molecule has 1 saturated carbocycles. The fourth-order valence-corrected chi connectivity index (χ4v) is 5.24. The number of hydrogen-bond acceptors (Lipinski definition) is 4. The van der Waals surface area contributed by atoms with Gasteiger partial charge >= 0.3 is 6.03 Å². The molecule has 2 amide bonds. The van der Waals surface area contributed by atoms with Crippen molar-refractivity contribution in [3.8, 4) is 0 Å². The van der Waals surface area contributed by atoms with Gasteiger partial charge in [0.1, 0.15) is 5.82 Å². The third-order valence-electron chi connectivity index (χ3n) is 6.91. The lowest BCUT2D eigenvalue weighted by molar-refractivity contribution is 0.133. The van der Waals surface area contributed by atoms with E-state index in [1.165, 1.54) is 32.1 Å². The van der Waals surface area contributed by atoms with Gasteiger partial charge in [0.2, 0.25) is 0 Å². The highest BCUT2D eigenvalue weighted by atomic mass is 16.2. The van der Waals surface area contributed by atoms with Crippen LogP contribution in [-0.4, -0.2) is 65.1 Å². The Bertz CT molecular complexity index is 639. The number of carbonyl (C=O) groups is 1. The average Bonchev–Trinajstić information content (AvgIpc) is 3.23. The van der Waals surface area contributed by atoms with Crippen LogP contribution in [-0.2, 0) is 0 Å². The summed E-state index contributed by atoms with van der Waals surface area (Å²) >= 11 is 0. The zero-order chi connectivity index (χ0) is 19.5. The molecule has 6 nitrogen and oxygen atoms in total. The van der Waals surface area contributed by atoms with Crippen LogP contribution in [0, 0.1) is 0 Å². The van der Waals surface area contributed by atoms with E-state index in [-0.39, 0.29) is 6.03 Å². The molecular weight excluding hydrogens is 350 g/mol. The van der Waals surface area contributed by atoms with Crippen molar-refractivity contribution in [3.63, 3.8) is 0 Å². The lowest BCUT2D eigenvalue weighted by Gasteiger charge is -2.39. The summed E-state index contributed by atoms with van der Waals surface area (Å²) < 4.78 is 0. The molecule has 4 rings (SSSR count). The molecule has 3 fully saturated rings. The minimum absolute atomic E-state index is 0.000530. The number of aromatic nitrogens is 1. The maximum Gasteiger partial charge on any atom is 0.322 e. The molecule has 0 radical (unpaired) electrons. The third-order valence-corrected chi connectivity index (χ3v) is 6.91. The fourth-order valence-electron chi connectivity index (χ4n) is 5.24. The first kappa shape index (κ1) is 19.5. The van der Waals surface area contributed by atoms with Crippen LogP contribution in [0.4, 0.5) is 16.3 Å². The number of amides is 2. The molecule has 6 heteroatoms. The summed E-state index contributed by atoms with van der Waals surface area (Å²) in [6.07, 6.45) is 10.7. The van der Waals surface area contributed by atoms with Crippen LogP contribution >= 0.6 is 0 Å². The van der Waals surface area contributed by atoms with Crippen molar-refractivity contribution < 1.29 is 4.79 Å². The maximum atomic E-state index is 12.7. The number of nitrogens with zero attached hydrogens (tertiary/aromatic N) is 4. The Hall–Kier alpha value is -1.82. The van der Waals surface area contributed by atoms with Gasteiger partial charge in [-0.3, -0.25) is 4.90 Å². The molecule has 1 aliphatic carbocycles. The van der Waals surface area contributed by atoms with Gasteiger partial charge in [-0.05, 0) is 58.1 Å². The zero-order valence-corrected chi connectivity index (χ0v) is 17.4. The van der Waals surface area contributed by atoms with Crippen LogP contribution in [0.2, 0.25) is 0 Å². The van der Waals surface area contributed by atoms with Crippen molar-refractivity contribution in [3.05, 3.63) is 18.3 Å². The van der Waals surface area contributed by atoms with E-state index < -0.39 is 0 Å². The monoisotopic (exact) mass is 385 g/mol. The number of rotatable bonds is 3. The number of nitrogens with one attached hydrogen (secondary N) is 1. The van der Waals surface area contributed by atoms with Crippen molar-refractivity contribution in [2.24, 2.45) is 0 Å². The first-order valence-electron chi connectivity index (χ1n) is 11.2. The Morgan fingerprint density at radius 2 is 1.64 bits per heavy atom. The number of piperazine rings is 1. The molecule has 28 heavy (non-hydrogen) atoms. The number of piperidine rings is 1. The number of anilines is 2. The molecule has 0 spiro atoms. The SMILES string of the molecule is CC1CCCC(C)N1C(=O)Nc1ccc(N2CCN(C3CCCC3)CC2)nc1. The summed E-state index contributed by atoms with van der Waals surface area (Å²) in [6.45, 7) is 8.63. The second kappa shape index (κ2) is 8.68. The van der Waals surface area contributed by atoms with Crippen LogP contribution in [0.3, 0.4) is 0 Å². The Morgan fingerprint density at radius 1 is 0.964 bits per heavy atom. The Balaban J connectivity index is 1.31. The van der Waals surface area contributed by atoms with E-state index in [1.807, 2.05) is 17.0 Å². The van der Waals surface area contributed by atoms with Gasteiger partial charge in [0, 0.05) is 44.3 Å². The predicted molar refractivity (Wildman–Crippen MR) is 114 cm³/mol. The first-order valence-corrected chi connectivity index (χ1v) is 11.2. The van der Waals surface area contributed by atoms with Crippen LogP contribution < -0.4 is 10.2 Å². The molecular formula is C22H35N5O. The third kappa shape index (κ3) is 4.27. The summed E-state index contributed by atoms with van der Waals surface area (Å²) in [5.74, 6) is 1.02. The molecule has 0 bridgehead atoms. The highest BCUT2D eigenvalue weighted by Gasteiger charge is 2.29. The number of likely N-dealkylation sites (tertiary alicyclic amines) is 1. The van der Waals surface area contributed by atoms with Gasteiger partial charge in [0.05, 0.1) is 11.9 Å². The molecule has 3 heterocycles. The van der Waals surface area contributed by atoms with Crippen LogP contribution in [0.25, 0.3) is 0 Å². The maximum absolute atomic E-state index is 12.7. The number of hydrogen-bond donors (Lipinski definition) is 1. The summed E-state index contributed by atoms with van der Waals surface area (Å²) in [6, 6.07) is 5.44. The second-order valence-corrected chi connectivity index (χ2v) is 8.83. The molecule has 3 aliphatic rings. The molecule has 2 saturated heterocycles. The van der Waals surface area contributed by atoms with Crippen molar-refractivity contribution in [2.45, 2.75) is 76.9 Å². The average molecular weight is 386 g/mol. The normalized spacial score (nSPS) is 27.2. The van der Waals surface area contributed by atoms with E-state index in [2.05, 4.69) is 33.9 Å². The molecule has 2 unspecified atom stereocenters. The smallest absolute Gasteiger partial charge is 0.322 e. The molecule has 0 aromatic carbocycles. The number of carbonyl (C=O) groups excluding carboxylic acids is 1.